The first-order valence-electron chi connectivity index (χ1n) is 12.7. The van der Waals surface area contributed by atoms with Crippen LogP contribution in [0.1, 0.15) is 16.9 Å². The Morgan fingerprint density at radius 2 is 1.81 bits per heavy atom. The van der Waals surface area contributed by atoms with Gasteiger partial charge in [0.25, 0.3) is 11.8 Å². The summed E-state index contributed by atoms with van der Waals surface area (Å²) in [5.41, 5.74) is 5.60. The number of alkyl halides is 4. The number of amides is 3. The summed E-state index contributed by atoms with van der Waals surface area (Å²) in [6.45, 7) is -0.965. The fourth-order valence-electron chi connectivity index (χ4n) is 4.92. The maximum absolute atomic E-state index is 15.5. The zero-order valence-corrected chi connectivity index (χ0v) is 22.6. The van der Waals surface area contributed by atoms with Crippen molar-refractivity contribution in [3.05, 3.63) is 77.4 Å². The highest BCUT2D eigenvalue weighted by Gasteiger charge is 2.42. The number of nitrogens with zero attached hydrogens (tertiary/aromatic N) is 4. The minimum Gasteiger partial charge on any atom is -0.406 e. The molecule has 9 nitrogen and oxygen atoms in total. The number of benzene rings is 3. The molecule has 1 aromatic heterocycles. The molecule has 2 atom stereocenters. The summed E-state index contributed by atoms with van der Waals surface area (Å²) < 4.78 is 73.2. The van der Waals surface area contributed by atoms with E-state index in [0.29, 0.717) is 10.9 Å². The molecule has 15 heteroatoms. The number of halogens is 6. The van der Waals surface area contributed by atoms with Gasteiger partial charge in [-0.05, 0) is 42.0 Å². The fraction of sp³-hybridized carbons (Fsp3) is 0.214. The average molecular weight is 622 g/mol. The molecule has 0 spiro atoms. The van der Waals surface area contributed by atoms with Crippen LogP contribution in [0.4, 0.5) is 27.7 Å². The Balaban J connectivity index is 1.38. The van der Waals surface area contributed by atoms with Crippen molar-refractivity contribution in [3.63, 3.8) is 0 Å². The van der Waals surface area contributed by atoms with Gasteiger partial charge in [0, 0.05) is 22.4 Å². The van der Waals surface area contributed by atoms with Gasteiger partial charge in [0.15, 0.2) is 5.69 Å². The molecular formula is C28H21ClF5N5O4. The summed E-state index contributed by atoms with van der Waals surface area (Å²) in [6.07, 6.45) is -7.05. The zero-order chi connectivity index (χ0) is 31.1. The van der Waals surface area contributed by atoms with Crippen molar-refractivity contribution in [1.29, 1.82) is 0 Å². The Hall–Kier alpha value is -4.72. The molecule has 0 saturated carbocycles. The number of nitrogens with two attached hydrogens (primary N) is 1. The highest BCUT2D eigenvalue weighted by Crippen LogP contribution is 2.36. The number of hydrogen-bond donors (Lipinski definition) is 1. The van der Waals surface area contributed by atoms with E-state index in [1.54, 1.807) is 24.3 Å². The van der Waals surface area contributed by atoms with Gasteiger partial charge in [-0.15, -0.1) is 18.3 Å². The normalized spacial score (nSPS) is 16.8. The van der Waals surface area contributed by atoms with Gasteiger partial charge in [-0.3, -0.25) is 19.1 Å². The van der Waals surface area contributed by atoms with E-state index in [2.05, 4.69) is 9.84 Å². The van der Waals surface area contributed by atoms with Crippen LogP contribution in [0.2, 0.25) is 5.02 Å². The van der Waals surface area contributed by atoms with Crippen LogP contribution in [0.3, 0.4) is 0 Å². The van der Waals surface area contributed by atoms with Crippen molar-refractivity contribution < 1.29 is 41.2 Å². The van der Waals surface area contributed by atoms with Crippen molar-refractivity contribution in [3.8, 4) is 16.9 Å². The number of aromatic nitrogens is 2. The van der Waals surface area contributed by atoms with E-state index in [1.807, 2.05) is 0 Å². The topological polar surface area (TPSA) is 111 Å². The van der Waals surface area contributed by atoms with Gasteiger partial charge < -0.3 is 15.4 Å². The fourth-order valence-corrected chi connectivity index (χ4v) is 5.15. The van der Waals surface area contributed by atoms with E-state index in [0.717, 1.165) is 23.1 Å². The maximum Gasteiger partial charge on any atom is 0.573 e. The molecule has 0 unspecified atom stereocenters. The van der Waals surface area contributed by atoms with Gasteiger partial charge in [-0.1, -0.05) is 46.4 Å². The van der Waals surface area contributed by atoms with Crippen LogP contribution >= 0.6 is 11.6 Å². The Morgan fingerprint density at radius 1 is 1.07 bits per heavy atom. The van der Waals surface area contributed by atoms with Crippen molar-refractivity contribution in [2.24, 2.45) is 5.73 Å². The quantitative estimate of drug-likeness (QED) is 0.225. The first kappa shape index (κ1) is 29.8. The molecule has 43 heavy (non-hydrogen) atoms. The van der Waals surface area contributed by atoms with Crippen LogP contribution in [0.5, 0.6) is 5.75 Å². The summed E-state index contributed by atoms with van der Waals surface area (Å²) in [5.74, 6) is -3.38. The second-order valence-electron chi connectivity index (χ2n) is 9.64. The molecule has 1 aliphatic heterocycles. The number of anilines is 1. The molecule has 3 aromatic carbocycles. The van der Waals surface area contributed by atoms with E-state index >= 15 is 4.48 Å². The second kappa shape index (κ2) is 11.5. The monoisotopic (exact) mass is 621 g/mol. The van der Waals surface area contributed by atoms with Crippen LogP contribution in [0.15, 0.2) is 66.7 Å². The van der Waals surface area contributed by atoms with Crippen molar-refractivity contribution in [2.45, 2.75) is 31.5 Å². The lowest BCUT2D eigenvalue weighted by Gasteiger charge is -2.25. The maximum atomic E-state index is 15.5. The molecule has 0 aliphatic carbocycles. The van der Waals surface area contributed by atoms with Crippen molar-refractivity contribution in [1.82, 2.24) is 14.7 Å². The molecule has 224 valence electrons. The smallest absolute Gasteiger partial charge is 0.406 e. The van der Waals surface area contributed by atoms with Gasteiger partial charge in [0.05, 0.1) is 17.7 Å². The molecule has 5 rings (SSSR count). The SMILES string of the molecule is NC(=O)c1nn(CC(=O)N2C[C@H](F)C[C@H]2C(=O)N(F)c2cccc(-c3cc(OC(F)(F)F)ccc3Cl)c2)c2ccccc12. The molecule has 1 saturated heterocycles. The molecule has 4 aromatic rings. The summed E-state index contributed by atoms with van der Waals surface area (Å²) in [5, 5.41) is 4.26. The number of carbonyl (C=O) groups excluding carboxylic acids is 3. The van der Waals surface area contributed by atoms with Crippen LogP contribution < -0.4 is 15.6 Å². The van der Waals surface area contributed by atoms with Crippen LogP contribution in [-0.4, -0.2) is 57.5 Å². The van der Waals surface area contributed by atoms with E-state index in [1.165, 1.54) is 28.9 Å². The van der Waals surface area contributed by atoms with E-state index in [4.69, 9.17) is 17.3 Å². The lowest BCUT2D eigenvalue weighted by atomic mass is 10.0. The number of carbonyl (C=O) groups is 3. The van der Waals surface area contributed by atoms with Crippen LogP contribution in [0, 0.1) is 0 Å². The lowest BCUT2D eigenvalue weighted by Crippen LogP contribution is -2.46. The third kappa shape index (κ3) is 6.23. The molecule has 0 radical (unpaired) electrons. The minimum absolute atomic E-state index is 0.0295. The van der Waals surface area contributed by atoms with E-state index in [9.17, 15) is 31.9 Å². The predicted octanol–water partition coefficient (Wildman–Crippen LogP) is 5.21. The molecular weight excluding hydrogens is 601 g/mol. The van der Waals surface area contributed by atoms with E-state index < -0.39 is 61.6 Å². The highest BCUT2D eigenvalue weighted by molar-refractivity contribution is 6.33. The minimum atomic E-state index is -4.96. The molecule has 2 heterocycles. The van der Waals surface area contributed by atoms with Gasteiger partial charge in [-0.25, -0.2) is 4.39 Å². The summed E-state index contributed by atoms with van der Waals surface area (Å²) in [6, 6.07) is 13.3. The Morgan fingerprint density at radius 3 is 2.53 bits per heavy atom. The number of primary amides is 1. The molecule has 0 bridgehead atoms. The lowest BCUT2D eigenvalue weighted by molar-refractivity contribution is -0.274. The highest BCUT2D eigenvalue weighted by atomic mass is 35.5. The third-order valence-electron chi connectivity index (χ3n) is 6.78. The first-order chi connectivity index (χ1) is 20.3. The standard InChI is InChI=1S/C28H21ClF5N5O4/c29-21-9-8-18(43-28(31,32)33)12-20(21)15-4-3-5-17(10-15)39(34)27(42)23-11-16(30)13-37(23)24(40)14-38-22-7-2-1-6-19(22)25(36-38)26(35)41/h1-10,12,16,23H,11,13-14H2,(H2,35,41)/t16-,23+/m1/s1. The molecule has 2 N–H and O–H groups in total. The predicted molar refractivity (Wildman–Crippen MR) is 145 cm³/mol. The number of rotatable bonds is 7. The zero-order valence-electron chi connectivity index (χ0n) is 21.9. The van der Waals surface area contributed by atoms with Gasteiger partial charge >= 0.3 is 6.36 Å². The van der Waals surface area contributed by atoms with Crippen molar-refractivity contribution >= 4 is 45.9 Å². The molecule has 3 amide bonds. The van der Waals surface area contributed by atoms with Gasteiger partial charge in [-0.2, -0.15) is 5.10 Å². The number of para-hydroxylation sites is 1. The second-order valence-corrected chi connectivity index (χ2v) is 10.0. The molecule has 1 aliphatic rings. The first-order valence-corrected chi connectivity index (χ1v) is 13.0. The largest absolute Gasteiger partial charge is 0.573 e. The summed E-state index contributed by atoms with van der Waals surface area (Å²) in [7, 11) is 0. The van der Waals surface area contributed by atoms with Gasteiger partial charge in [0.1, 0.15) is 24.5 Å². The number of likely N-dealkylation sites (tertiary alicyclic amines) is 1. The van der Waals surface area contributed by atoms with Gasteiger partial charge in [0.2, 0.25) is 5.91 Å². The Bertz CT molecular complexity index is 1730. The number of ether oxygens (including phenoxy) is 1. The van der Waals surface area contributed by atoms with Crippen LogP contribution in [-0.2, 0) is 16.1 Å². The molecule has 1 fully saturated rings. The summed E-state index contributed by atoms with van der Waals surface area (Å²) in [4.78, 5) is 39.2. The van der Waals surface area contributed by atoms with Crippen LogP contribution in [0.25, 0.3) is 22.0 Å². The Kier molecular flexibility index (Phi) is 7.97. The van der Waals surface area contributed by atoms with Crippen molar-refractivity contribution in [2.75, 3.05) is 11.7 Å². The number of hydrogen-bond acceptors (Lipinski definition) is 5. The van der Waals surface area contributed by atoms with E-state index in [-0.39, 0.29) is 32.7 Å². The summed E-state index contributed by atoms with van der Waals surface area (Å²) >= 11 is 6.16. The average Bonchev–Trinajstić information content (AvgIpc) is 3.53. The number of fused-ring (bicyclic) bond motifs is 1. The third-order valence-corrected chi connectivity index (χ3v) is 7.11. The Labute approximate surface area is 245 Å².